The highest BCUT2D eigenvalue weighted by Crippen LogP contribution is 2.14. The predicted octanol–water partition coefficient (Wildman–Crippen LogP) is 2.61. The van der Waals surface area contributed by atoms with Crippen LogP contribution in [-0.2, 0) is 5.88 Å². The summed E-state index contributed by atoms with van der Waals surface area (Å²) < 4.78 is 0. The molecule has 56 valence electrons. The van der Waals surface area contributed by atoms with E-state index in [-0.39, 0.29) is 0 Å². The molecule has 0 amide bonds. The van der Waals surface area contributed by atoms with Crippen LogP contribution in [0.5, 0.6) is 0 Å². The Balaban J connectivity index is 3.23. The third-order valence-corrected chi connectivity index (χ3v) is 2.00. The van der Waals surface area contributed by atoms with Crippen molar-refractivity contribution in [3.8, 4) is 6.07 Å². The summed E-state index contributed by atoms with van der Waals surface area (Å²) in [7, 11) is 0. The molecule has 0 heterocycles. The summed E-state index contributed by atoms with van der Waals surface area (Å²) in [5.74, 6) is 0.474. The summed E-state index contributed by atoms with van der Waals surface area (Å²) in [6.07, 6.45) is 0. The molecule has 0 fully saturated rings. The predicted molar refractivity (Wildman–Crippen MR) is 45.5 cm³/mol. The Morgan fingerprint density at radius 3 is 2.82 bits per heavy atom. The number of nitriles is 1. The van der Waals surface area contributed by atoms with E-state index in [9.17, 15) is 0 Å². The molecule has 0 aromatic heterocycles. The molecule has 0 radical (unpaired) electrons. The van der Waals surface area contributed by atoms with Crippen molar-refractivity contribution < 1.29 is 0 Å². The number of hydrogen-bond acceptors (Lipinski definition) is 1. The van der Waals surface area contributed by atoms with Gasteiger partial charge < -0.3 is 0 Å². The Hall–Kier alpha value is -1.00. The molecule has 2 heteroatoms. The molecule has 0 spiro atoms. The van der Waals surface area contributed by atoms with Crippen LogP contribution in [0.3, 0.4) is 0 Å². The molecule has 1 nitrogen and oxygen atoms in total. The van der Waals surface area contributed by atoms with Gasteiger partial charge in [-0.1, -0.05) is 12.1 Å². The molecule has 0 bridgehead atoms. The lowest BCUT2D eigenvalue weighted by Crippen LogP contribution is -1.88. The Labute approximate surface area is 71.2 Å². The van der Waals surface area contributed by atoms with Gasteiger partial charge >= 0.3 is 0 Å². The number of nitrogens with zero attached hydrogens (tertiary/aromatic N) is 1. The zero-order valence-electron chi connectivity index (χ0n) is 6.26. The fourth-order valence-corrected chi connectivity index (χ4v) is 1.24. The van der Waals surface area contributed by atoms with Crippen molar-refractivity contribution in [3.05, 3.63) is 34.9 Å². The highest BCUT2D eigenvalue weighted by molar-refractivity contribution is 6.17. The lowest BCUT2D eigenvalue weighted by molar-refractivity contribution is 1.27. The van der Waals surface area contributed by atoms with Gasteiger partial charge in [-0.2, -0.15) is 5.26 Å². The summed E-state index contributed by atoms with van der Waals surface area (Å²) >= 11 is 5.65. The zero-order valence-corrected chi connectivity index (χ0v) is 7.02. The summed E-state index contributed by atoms with van der Waals surface area (Å²) in [6.45, 7) is 1.91. The van der Waals surface area contributed by atoms with Gasteiger partial charge in [0.1, 0.15) is 0 Å². The Morgan fingerprint density at radius 1 is 1.55 bits per heavy atom. The fourth-order valence-electron chi connectivity index (χ4n) is 0.949. The van der Waals surface area contributed by atoms with Crippen molar-refractivity contribution >= 4 is 11.6 Å². The van der Waals surface area contributed by atoms with E-state index in [1.165, 1.54) is 0 Å². The first-order valence-electron chi connectivity index (χ1n) is 3.34. The van der Waals surface area contributed by atoms with E-state index in [2.05, 4.69) is 6.07 Å². The van der Waals surface area contributed by atoms with Gasteiger partial charge in [0, 0.05) is 5.88 Å². The van der Waals surface area contributed by atoms with Crippen LogP contribution in [0.1, 0.15) is 16.7 Å². The molecular weight excluding hydrogens is 158 g/mol. The van der Waals surface area contributed by atoms with Gasteiger partial charge in [-0.25, -0.2) is 0 Å². The molecule has 0 N–H and O–H groups in total. The standard InChI is InChI=1S/C9H8ClN/c1-7-8(5-10)3-2-4-9(7)6-11/h2-4H,5H2,1H3. The molecule has 1 rings (SSSR count). The van der Waals surface area contributed by atoms with E-state index < -0.39 is 0 Å². The van der Waals surface area contributed by atoms with Gasteiger partial charge in [0.2, 0.25) is 0 Å². The first kappa shape index (κ1) is 8.10. The van der Waals surface area contributed by atoms with Crippen LogP contribution in [0.25, 0.3) is 0 Å². The van der Waals surface area contributed by atoms with Gasteiger partial charge in [-0.05, 0) is 24.1 Å². The molecule has 1 aromatic rings. The Bertz CT molecular complexity index is 299. The molecule has 0 atom stereocenters. The summed E-state index contributed by atoms with van der Waals surface area (Å²) in [5.41, 5.74) is 2.74. The van der Waals surface area contributed by atoms with Crippen molar-refractivity contribution in [2.24, 2.45) is 0 Å². The van der Waals surface area contributed by atoms with Gasteiger partial charge in [0.05, 0.1) is 11.6 Å². The first-order chi connectivity index (χ1) is 5.29. The molecule has 0 saturated heterocycles. The van der Waals surface area contributed by atoms with E-state index >= 15 is 0 Å². The molecule has 0 aliphatic rings. The highest BCUT2D eigenvalue weighted by atomic mass is 35.5. The van der Waals surface area contributed by atoms with E-state index in [1.54, 1.807) is 6.07 Å². The van der Waals surface area contributed by atoms with Crippen LogP contribution in [0, 0.1) is 18.3 Å². The normalized spacial score (nSPS) is 9.18. The quantitative estimate of drug-likeness (QED) is 0.587. The van der Waals surface area contributed by atoms with Crippen LogP contribution in [0.4, 0.5) is 0 Å². The number of benzene rings is 1. The van der Waals surface area contributed by atoms with Gasteiger partial charge in [-0.15, -0.1) is 11.6 Å². The zero-order chi connectivity index (χ0) is 8.27. The van der Waals surface area contributed by atoms with Crippen LogP contribution in [0.15, 0.2) is 18.2 Å². The van der Waals surface area contributed by atoms with Gasteiger partial charge in [-0.3, -0.25) is 0 Å². The highest BCUT2D eigenvalue weighted by Gasteiger charge is 2.00. The van der Waals surface area contributed by atoms with Gasteiger partial charge in [0.15, 0.2) is 0 Å². The van der Waals surface area contributed by atoms with E-state index in [0.717, 1.165) is 11.1 Å². The lowest BCUT2D eigenvalue weighted by atomic mass is 10.0. The molecule has 0 unspecified atom stereocenters. The van der Waals surface area contributed by atoms with E-state index in [1.807, 2.05) is 19.1 Å². The summed E-state index contributed by atoms with van der Waals surface area (Å²) in [5, 5.41) is 8.65. The molecule has 11 heavy (non-hydrogen) atoms. The second kappa shape index (κ2) is 3.41. The number of hydrogen-bond donors (Lipinski definition) is 0. The van der Waals surface area contributed by atoms with Crippen LogP contribution in [-0.4, -0.2) is 0 Å². The number of alkyl halides is 1. The van der Waals surface area contributed by atoms with Crippen molar-refractivity contribution in [1.29, 1.82) is 5.26 Å². The molecule has 1 aromatic carbocycles. The molecule has 0 saturated carbocycles. The lowest BCUT2D eigenvalue weighted by Gasteiger charge is -2.01. The summed E-state index contributed by atoms with van der Waals surface area (Å²) in [6, 6.07) is 7.69. The summed E-state index contributed by atoms with van der Waals surface area (Å²) in [4.78, 5) is 0. The average molecular weight is 166 g/mol. The number of halogens is 1. The van der Waals surface area contributed by atoms with Crippen molar-refractivity contribution in [2.75, 3.05) is 0 Å². The van der Waals surface area contributed by atoms with Crippen LogP contribution < -0.4 is 0 Å². The minimum Gasteiger partial charge on any atom is -0.192 e. The SMILES string of the molecule is Cc1c(C#N)cccc1CCl. The van der Waals surface area contributed by atoms with Crippen molar-refractivity contribution in [2.45, 2.75) is 12.8 Å². The minimum absolute atomic E-state index is 0.474. The van der Waals surface area contributed by atoms with Crippen molar-refractivity contribution in [3.63, 3.8) is 0 Å². The maximum absolute atomic E-state index is 8.65. The second-order valence-electron chi connectivity index (χ2n) is 2.34. The van der Waals surface area contributed by atoms with Crippen molar-refractivity contribution in [1.82, 2.24) is 0 Å². The topological polar surface area (TPSA) is 23.8 Å². The van der Waals surface area contributed by atoms with E-state index in [4.69, 9.17) is 16.9 Å². The third kappa shape index (κ3) is 1.53. The maximum atomic E-state index is 8.65. The van der Waals surface area contributed by atoms with Crippen LogP contribution in [0.2, 0.25) is 0 Å². The minimum atomic E-state index is 0.474. The Kier molecular flexibility index (Phi) is 2.51. The molecule has 0 aliphatic carbocycles. The fraction of sp³-hybridized carbons (Fsp3) is 0.222. The molecule has 0 aliphatic heterocycles. The average Bonchev–Trinajstić information content (AvgIpc) is 2.05. The van der Waals surface area contributed by atoms with E-state index in [0.29, 0.717) is 11.4 Å². The van der Waals surface area contributed by atoms with Crippen LogP contribution >= 0.6 is 11.6 Å². The Morgan fingerprint density at radius 2 is 2.27 bits per heavy atom. The maximum Gasteiger partial charge on any atom is 0.0994 e. The van der Waals surface area contributed by atoms with Gasteiger partial charge in [0.25, 0.3) is 0 Å². The largest absolute Gasteiger partial charge is 0.192 e. The molecular formula is C9H8ClN. The third-order valence-electron chi connectivity index (χ3n) is 1.71. The monoisotopic (exact) mass is 165 g/mol. The number of rotatable bonds is 1. The smallest absolute Gasteiger partial charge is 0.0994 e. The second-order valence-corrected chi connectivity index (χ2v) is 2.60. The first-order valence-corrected chi connectivity index (χ1v) is 3.87.